The lowest BCUT2D eigenvalue weighted by atomic mass is 9.90. The van der Waals surface area contributed by atoms with E-state index in [-0.39, 0.29) is 11.3 Å². The number of halogens is 1. The maximum Gasteiger partial charge on any atom is 0.253 e. The van der Waals surface area contributed by atoms with Crippen molar-refractivity contribution in [3.8, 4) is 0 Å². The van der Waals surface area contributed by atoms with E-state index in [4.69, 9.17) is 11.6 Å². The quantitative estimate of drug-likeness (QED) is 0.864. The molecule has 0 atom stereocenters. The molecule has 1 rings (SSSR count). The van der Waals surface area contributed by atoms with Crippen LogP contribution in [0, 0.1) is 5.41 Å². The van der Waals surface area contributed by atoms with Crippen LogP contribution >= 0.6 is 11.6 Å². The average Bonchev–Trinajstić information content (AvgIpc) is 2.36. The molecule has 2 N–H and O–H groups in total. The molecule has 5 heteroatoms. The molecule has 1 aromatic rings. The second kappa shape index (κ2) is 6.05. The van der Waals surface area contributed by atoms with Crippen molar-refractivity contribution in [2.75, 3.05) is 18.9 Å². The molecule has 0 bridgehead atoms. The minimum atomic E-state index is -0.166. The highest BCUT2D eigenvalue weighted by molar-refractivity contribution is 6.33. The van der Waals surface area contributed by atoms with Gasteiger partial charge in [-0.3, -0.25) is 4.79 Å². The highest BCUT2D eigenvalue weighted by Gasteiger charge is 2.18. The van der Waals surface area contributed by atoms with Crippen LogP contribution in [0.4, 0.5) is 5.82 Å². The van der Waals surface area contributed by atoms with Crippen molar-refractivity contribution >= 4 is 23.3 Å². The summed E-state index contributed by atoms with van der Waals surface area (Å²) >= 11 is 5.98. The van der Waals surface area contributed by atoms with E-state index < -0.39 is 0 Å². The third-order valence-electron chi connectivity index (χ3n) is 3.04. The normalized spacial score (nSPS) is 11.2. The molecule has 0 saturated carbocycles. The second-order valence-corrected chi connectivity index (χ2v) is 5.41. The van der Waals surface area contributed by atoms with Crippen LogP contribution in [0.5, 0.6) is 0 Å². The Hall–Kier alpha value is -1.29. The van der Waals surface area contributed by atoms with E-state index >= 15 is 0 Å². The summed E-state index contributed by atoms with van der Waals surface area (Å²) in [6.07, 6.45) is 2.48. The van der Waals surface area contributed by atoms with Gasteiger partial charge in [0.1, 0.15) is 5.82 Å². The molecule has 4 nitrogen and oxygen atoms in total. The standard InChI is InChI=1S/C13H20ClN3O/c1-5-13(2,3)8-17-12(18)9-6-11(15-4)16-7-10(9)14/h6-7H,5,8H2,1-4H3,(H,15,16)(H,17,18). The van der Waals surface area contributed by atoms with Gasteiger partial charge in [-0.2, -0.15) is 0 Å². The van der Waals surface area contributed by atoms with Crippen LogP contribution < -0.4 is 10.6 Å². The zero-order valence-corrected chi connectivity index (χ0v) is 12.1. The zero-order chi connectivity index (χ0) is 13.8. The van der Waals surface area contributed by atoms with Crippen LogP contribution in [0.2, 0.25) is 5.02 Å². The highest BCUT2D eigenvalue weighted by Crippen LogP contribution is 2.20. The van der Waals surface area contributed by atoms with Crippen LogP contribution in [-0.4, -0.2) is 24.5 Å². The first-order valence-electron chi connectivity index (χ1n) is 6.01. The summed E-state index contributed by atoms with van der Waals surface area (Å²) in [5, 5.41) is 6.15. The van der Waals surface area contributed by atoms with Crippen LogP contribution in [0.3, 0.4) is 0 Å². The Balaban J connectivity index is 2.78. The summed E-state index contributed by atoms with van der Waals surface area (Å²) < 4.78 is 0. The van der Waals surface area contributed by atoms with Crippen molar-refractivity contribution in [2.24, 2.45) is 5.41 Å². The van der Waals surface area contributed by atoms with Crippen molar-refractivity contribution in [1.82, 2.24) is 10.3 Å². The maximum atomic E-state index is 12.0. The second-order valence-electron chi connectivity index (χ2n) is 5.00. The lowest BCUT2D eigenvalue weighted by Crippen LogP contribution is -2.33. The van der Waals surface area contributed by atoms with E-state index in [1.807, 2.05) is 0 Å². The Labute approximate surface area is 113 Å². The molecule has 18 heavy (non-hydrogen) atoms. The van der Waals surface area contributed by atoms with Gasteiger partial charge in [0, 0.05) is 19.8 Å². The summed E-state index contributed by atoms with van der Waals surface area (Å²) in [7, 11) is 1.75. The largest absolute Gasteiger partial charge is 0.373 e. The number of carbonyl (C=O) groups excluding carboxylic acids is 1. The first kappa shape index (κ1) is 14.8. The molecule has 1 amide bonds. The van der Waals surface area contributed by atoms with Gasteiger partial charge in [-0.05, 0) is 17.9 Å². The van der Waals surface area contributed by atoms with Crippen LogP contribution in [0.15, 0.2) is 12.3 Å². The average molecular weight is 270 g/mol. The number of hydrogen-bond acceptors (Lipinski definition) is 3. The van der Waals surface area contributed by atoms with E-state index in [0.717, 1.165) is 6.42 Å². The first-order valence-corrected chi connectivity index (χ1v) is 6.39. The molecule has 0 radical (unpaired) electrons. The minimum absolute atomic E-state index is 0.0843. The fourth-order valence-corrected chi connectivity index (χ4v) is 1.48. The molecule has 0 fully saturated rings. The highest BCUT2D eigenvalue weighted by atomic mass is 35.5. The Morgan fingerprint density at radius 3 is 2.72 bits per heavy atom. The number of hydrogen-bond donors (Lipinski definition) is 2. The molecular formula is C13H20ClN3O. The van der Waals surface area contributed by atoms with Gasteiger partial charge in [0.05, 0.1) is 10.6 Å². The Morgan fingerprint density at radius 2 is 2.17 bits per heavy atom. The zero-order valence-electron chi connectivity index (χ0n) is 11.3. The molecule has 1 heterocycles. The number of nitrogens with one attached hydrogen (secondary N) is 2. The molecule has 0 saturated heterocycles. The SMILES string of the molecule is CCC(C)(C)CNC(=O)c1cc(NC)ncc1Cl. The van der Waals surface area contributed by atoms with Crippen molar-refractivity contribution in [1.29, 1.82) is 0 Å². The summed E-state index contributed by atoms with van der Waals surface area (Å²) in [6.45, 7) is 6.95. The molecule has 1 aromatic heterocycles. The topological polar surface area (TPSA) is 54.0 Å². The summed E-state index contributed by atoms with van der Waals surface area (Å²) in [4.78, 5) is 16.1. The smallest absolute Gasteiger partial charge is 0.253 e. The van der Waals surface area contributed by atoms with Crippen LogP contribution in [-0.2, 0) is 0 Å². The molecule has 100 valence electrons. The lowest BCUT2D eigenvalue weighted by Gasteiger charge is -2.23. The number of anilines is 1. The summed E-state index contributed by atoms with van der Waals surface area (Å²) in [5.74, 6) is 0.458. The Bertz CT molecular complexity index is 432. The van der Waals surface area contributed by atoms with Crippen LogP contribution in [0.25, 0.3) is 0 Å². The van der Waals surface area contributed by atoms with Gasteiger partial charge < -0.3 is 10.6 Å². The van der Waals surface area contributed by atoms with Crippen molar-refractivity contribution in [3.05, 3.63) is 22.8 Å². The third kappa shape index (κ3) is 3.88. The molecule has 0 aliphatic carbocycles. The first-order chi connectivity index (χ1) is 8.39. The molecule has 0 aromatic carbocycles. The number of aromatic nitrogens is 1. The summed E-state index contributed by atoms with van der Waals surface area (Å²) in [5.41, 5.74) is 0.531. The molecular weight excluding hydrogens is 250 g/mol. The van der Waals surface area contributed by atoms with Crippen molar-refractivity contribution in [3.63, 3.8) is 0 Å². The molecule has 0 aliphatic heterocycles. The Kier molecular flexibility index (Phi) is 4.96. The molecule has 0 aliphatic rings. The predicted molar refractivity (Wildman–Crippen MR) is 75.2 cm³/mol. The lowest BCUT2D eigenvalue weighted by molar-refractivity contribution is 0.0936. The van der Waals surface area contributed by atoms with Gasteiger partial charge in [0.15, 0.2) is 0 Å². The van der Waals surface area contributed by atoms with Gasteiger partial charge in [-0.1, -0.05) is 32.4 Å². The number of carbonyl (C=O) groups is 1. The summed E-state index contributed by atoms with van der Waals surface area (Å²) in [6, 6.07) is 1.65. The number of amides is 1. The van der Waals surface area contributed by atoms with Crippen molar-refractivity contribution < 1.29 is 4.79 Å². The maximum absolute atomic E-state index is 12.0. The predicted octanol–water partition coefficient (Wildman–Crippen LogP) is 2.94. The third-order valence-corrected chi connectivity index (χ3v) is 3.34. The van der Waals surface area contributed by atoms with Crippen molar-refractivity contribution in [2.45, 2.75) is 27.2 Å². The van der Waals surface area contributed by atoms with Gasteiger partial charge >= 0.3 is 0 Å². The monoisotopic (exact) mass is 269 g/mol. The molecule has 0 spiro atoms. The number of rotatable bonds is 5. The van der Waals surface area contributed by atoms with Gasteiger partial charge in [-0.25, -0.2) is 4.98 Å². The van der Waals surface area contributed by atoms with Gasteiger partial charge in [0.2, 0.25) is 0 Å². The van der Waals surface area contributed by atoms with Gasteiger partial charge in [-0.15, -0.1) is 0 Å². The number of pyridine rings is 1. The number of nitrogens with zero attached hydrogens (tertiary/aromatic N) is 1. The van der Waals surface area contributed by atoms with E-state index in [1.54, 1.807) is 13.1 Å². The van der Waals surface area contributed by atoms with E-state index in [2.05, 4.69) is 36.4 Å². The van der Waals surface area contributed by atoms with Crippen LogP contribution in [0.1, 0.15) is 37.6 Å². The fourth-order valence-electron chi connectivity index (χ4n) is 1.29. The Morgan fingerprint density at radius 1 is 1.50 bits per heavy atom. The van der Waals surface area contributed by atoms with E-state index in [0.29, 0.717) is 22.9 Å². The fraction of sp³-hybridized carbons (Fsp3) is 0.538. The van der Waals surface area contributed by atoms with Gasteiger partial charge in [0.25, 0.3) is 5.91 Å². The van der Waals surface area contributed by atoms with E-state index in [1.165, 1.54) is 6.20 Å². The minimum Gasteiger partial charge on any atom is -0.373 e. The van der Waals surface area contributed by atoms with E-state index in [9.17, 15) is 4.79 Å². The molecule has 0 unspecified atom stereocenters.